The SMILES string of the molecule is CCSc1nnc2c(n1)O[C@H](c1ccc(OCc3ccccc3)c(Br)c1)N(C(C)=O)c1ccccc1-2. The van der Waals surface area contributed by atoms with Crippen molar-refractivity contribution >= 4 is 39.3 Å². The summed E-state index contributed by atoms with van der Waals surface area (Å²) in [6.45, 7) is 3.99. The third kappa shape index (κ3) is 4.94. The van der Waals surface area contributed by atoms with Crippen molar-refractivity contribution in [1.29, 1.82) is 0 Å². The van der Waals surface area contributed by atoms with E-state index in [2.05, 4.69) is 31.1 Å². The highest BCUT2D eigenvalue weighted by atomic mass is 79.9. The molecule has 0 fully saturated rings. The Balaban J connectivity index is 1.54. The fourth-order valence-corrected chi connectivity index (χ4v) is 5.00. The number of amides is 1. The summed E-state index contributed by atoms with van der Waals surface area (Å²) in [6.07, 6.45) is -0.763. The van der Waals surface area contributed by atoms with Gasteiger partial charge in [0.05, 0.1) is 10.2 Å². The molecule has 36 heavy (non-hydrogen) atoms. The molecule has 0 saturated carbocycles. The molecule has 1 aliphatic rings. The average molecular weight is 563 g/mol. The van der Waals surface area contributed by atoms with Gasteiger partial charge in [-0.25, -0.2) is 0 Å². The molecule has 3 aromatic carbocycles. The number of carbonyl (C=O) groups is 1. The van der Waals surface area contributed by atoms with Gasteiger partial charge >= 0.3 is 0 Å². The molecule has 0 radical (unpaired) electrons. The maximum absolute atomic E-state index is 13.0. The number of nitrogens with zero attached hydrogens (tertiary/aromatic N) is 4. The molecule has 1 aromatic heterocycles. The summed E-state index contributed by atoms with van der Waals surface area (Å²) >= 11 is 5.11. The highest BCUT2D eigenvalue weighted by molar-refractivity contribution is 9.10. The third-order valence-electron chi connectivity index (χ3n) is 5.60. The first-order valence-electron chi connectivity index (χ1n) is 11.4. The number of ether oxygens (including phenoxy) is 2. The Kier molecular flexibility index (Phi) is 7.20. The lowest BCUT2D eigenvalue weighted by molar-refractivity contribution is -0.118. The van der Waals surface area contributed by atoms with Gasteiger partial charge in [-0.2, -0.15) is 4.98 Å². The zero-order valence-corrected chi connectivity index (χ0v) is 22.1. The lowest BCUT2D eigenvalue weighted by Gasteiger charge is -2.30. The van der Waals surface area contributed by atoms with Crippen LogP contribution in [0.5, 0.6) is 11.6 Å². The lowest BCUT2D eigenvalue weighted by atomic mass is 10.1. The van der Waals surface area contributed by atoms with Gasteiger partial charge < -0.3 is 9.47 Å². The number of carbonyl (C=O) groups excluding carboxylic acids is 1. The van der Waals surface area contributed by atoms with E-state index in [1.807, 2.05) is 79.7 Å². The van der Waals surface area contributed by atoms with Crippen molar-refractivity contribution < 1.29 is 14.3 Å². The van der Waals surface area contributed by atoms with Crippen molar-refractivity contribution in [3.8, 4) is 22.9 Å². The van der Waals surface area contributed by atoms with Crippen LogP contribution in [0.1, 0.15) is 31.2 Å². The van der Waals surface area contributed by atoms with Gasteiger partial charge in [-0.1, -0.05) is 67.2 Å². The van der Waals surface area contributed by atoms with E-state index in [1.165, 1.54) is 18.7 Å². The van der Waals surface area contributed by atoms with Gasteiger partial charge in [-0.3, -0.25) is 9.69 Å². The van der Waals surface area contributed by atoms with Crippen LogP contribution in [-0.4, -0.2) is 26.8 Å². The number of hydrogen-bond acceptors (Lipinski definition) is 7. The highest BCUT2D eigenvalue weighted by Crippen LogP contribution is 2.44. The predicted octanol–water partition coefficient (Wildman–Crippen LogP) is 6.44. The largest absolute Gasteiger partial charge is 0.488 e. The first-order valence-corrected chi connectivity index (χ1v) is 13.2. The Morgan fingerprint density at radius 1 is 1.08 bits per heavy atom. The molecule has 1 atom stereocenters. The summed E-state index contributed by atoms with van der Waals surface area (Å²) in [5.74, 6) is 1.66. The lowest BCUT2D eigenvalue weighted by Crippen LogP contribution is -2.36. The maximum Gasteiger partial charge on any atom is 0.247 e. The quantitative estimate of drug-likeness (QED) is 0.250. The van der Waals surface area contributed by atoms with E-state index >= 15 is 0 Å². The van der Waals surface area contributed by atoms with E-state index in [9.17, 15) is 4.79 Å². The van der Waals surface area contributed by atoms with E-state index in [-0.39, 0.29) is 5.91 Å². The molecule has 5 rings (SSSR count). The number of para-hydroxylation sites is 1. The standard InChI is InChI=1S/C27H23BrN4O3S/c1-3-36-27-29-25-24(30-31-27)20-11-7-8-12-22(20)32(17(2)33)26(35-25)19-13-14-23(21(28)15-19)34-16-18-9-5-4-6-10-18/h4-15,26H,3,16H2,1-2H3/t26-/m1/s1. The number of fused-ring (bicyclic) bond motifs is 3. The summed E-state index contributed by atoms with van der Waals surface area (Å²) in [6, 6.07) is 23.2. The van der Waals surface area contributed by atoms with Gasteiger partial charge in [0.1, 0.15) is 12.4 Å². The zero-order chi connectivity index (χ0) is 25.1. The van der Waals surface area contributed by atoms with Crippen LogP contribution in [0, 0.1) is 0 Å². The van der Waals surface area contributed by atoms with Crippen molar-refractivity contribution in [2.24, 2.45) is 0 Å². The number of thioether (sulfide) groups is 1. The monoisotopic (exact) mass is 562 g/mol. The first kappa shape index (κ1) is 24.3. The van der Waals surface area contributed by atoms with Crippen LogP contribution < -0.4 is 14.4 Å². The van der Waals surface area contributed by atoms with Gasteiger partial charge in [0.15, 0.2) is 5.69 Å². The molecule has 0 N–H and O–H groups in total. The Morgan fingerprint density at radius 2 is 1.86 bits per heavy atom. The van der Waals surface area contributed by atoms with Gasteiger partial charge in [0, 0.05) is 18.1 Å². The van der Waals surface area contributed by atoms with Crippen LogP contribution >= 0.6 is 27.7 Å². The molecular weight excluding hydrogens is 540 g/mol. The average Bonchev–Trinajstić information content (AvgIpc) is 3.03. The van der Waals surface area contributed by atoms with Crippen LogP contribution in [-0.2, 0) is 11.4 Å². The molecule has 0 spiro atoms. The predicted molar refractivity (Wildman–Crippen MR) is 143 cm³/mol. The molecule has 0 bridgehead atoms. The summed E-state index contributed by atoms with van der Waals surface area (Å²) in [5.41, 5.74) is 3.75. The van der Waals surface area contributed by atoms with Crippen molar-refractivity contribution in [3.63, 3.8) is 0 Å². The van der Waals surface area contributed by atoms with Crippen molar-refractivity contribution in [2.75, 3.05) is 10.7 Å². The van der Waals surface area contributed by atoms with Gasteiger partial charge in [-0.15, -0.1) is 10.2 Å². The summed E-state index contributed by atoms with van der Waals surface area (Å²) in [5, 5.41) is 9.20. The molecule has 0 unspecified atom stereocenters. The molecule has 0 saturated heterocycles. The maximum atomic E-state index is 13.0. The van der Waals surface area contributed by atoms with Crippen LogP contribution in [0.25, 0.3) is 11.3 Å². The topological polar surface area (TPSA) is 77.4 Å². The normalized spacial score (nSPS) is 14.3. The van der Waals surface area contributed by atoms with E-state index in [0.717, 1.165) is 26.9 Å². The fourth-order valence-electron chi connectivity index (χ4n) is 3.98. The molecule has 1 aliphatic heterocycles. The number of hydrogen-bond donors (Lipinski definition) is 0. The molecule has 9 heteroatoms. The van der Waals surface area contributed by atoms with Crippen molar-refractivity contribution in [1.82, 2.24) is 15.2 Å². The van der Waals surface area contributed by atoms with E-state index < -0.39 is 6.23 Å². The van der Waals surface area contributed by atoms with Crippen LogP contribution in [0.4, 0.5) is 5.69 Å². The van der Waals surface area contributed by atoms with Crippen LogP contribution in [0.2, 0.25) is 0 Å². The van der Waals surface area contributed by atoms with E-state index in [1.54, 1.807) is 4.90 Å². The van der Waals surface area contributed by atoms with Crippen molar-refractivity contribution in [2.45, 2.75) is 31.8 Å². The zero-order valence-electron chi connectivity index (χ0n) is 19.7. The number of rotatable bonds is 6. The third-order valence-corrected chi connectivity index (χ3v) is 6.94. The van der Waals surface area contributed by atoms with E-state index in [0.29, 0.717) is 34.8 Å². The number of benzene rings is 3. The summed E-state index contributed by atoms with van der Waals surface area (Å²) in [7, 11) is 0. The minimum Gasteiger partial charge on any atom is -0.488 e. The Hall–Kier alpha value is -3.43. The molecule has 7 nitrogen and oxygen atoms in total. The molecule has 2 heterocycles. The minimum absolute atomic E-state index is 0.170. The smallest absolute Gasteiger partial charge is 0.247 e. The fraction of sp³-hybridized carbons (Fsp3) is 0.185. The second-order valence-corrected chi connectivity index (χ2v) is 10.1. The Bertz CT molecular complexity index is 1400. The number of anilines is 1. The van der Waals surface area contributed by atoms with Gasteiger partial charge in [-0.05, 0) is 51.5 Å². The highest BCUT2D eigenvalue weighted by Gasteiger charge is 2.34. The second kappa shape index (κ2) is 10.7. The molecule has 0 aliphatic carbocycles. The molecule has 182 valence electrons. The Morgan fingerprint density at radius 3 is 2.61 bits per heavy atom. The molecular formula is C27H23BrN4O3S. The van der Waals surface area contributed by atoms with Gasteiger partial charge in [0.25, 0.3) is 0 Å². The van der Waals surface area contributed by atoms with Crippen molar-refractivity contribution in [3.05, 3.63) is 88.4 Å². The summed E-state index contributed by atoms with van der Waals surface area (Å²) < 4.78 is 13.2. The molecule has 1 amide bonds. The molecule has 4 aromatic rings. The Labute approximate surface area is 222 Å². The number of aromatic nitrogens is 3. The van der Waals surface area contributed by atoms with E-state index in [4.69, 9.17) is 9.47 Å². The second-order valence-electron chi connectivity index (χ2n) is 8.02. The summed E-state index contributed by atoms with van der Waals surface area (Å²) in [4.78, 5) is 19.2. The van der Waals surface area contributed by atoms with Gasteiger partial charge in [0.2, 0.25) is 23.2 Å². The van der Waals surface area contributed by atoms with Crippen LogP contribution in [0.15, 0.2) is 82.4 Å². The van der Waals surface area contributed by atoms with Crippen LogP contribution in [0.3, 0.4) is 0 Å². The minimum atomic E-state index is -0.763. The first-order chi connectivity index (χ1) is 17.5. The number of halogens is 1.